The number of nitrogens with zero attached hydrogens (tertiary/aromatic N) is 3. The molecule has 2 aromatic rings. The highest BCUT2D eigenvalue weighted by Gasteiger charge is 2.30. The van der Waals surface area contributed by atoms with Gasteiger partial charge < -0.3 is 20.2 Å². The molecule has 2 aliphatic heterocycles. The first kappa shape index (κ1) is 25.7. The van der Waals surface area contributed by atoms with Gasteiger partial charge >= 0.3 is 0 Å². The molecule has 9 heteroatoms. The van der Waals surface area contributed by atoms with Crippen molar-refractivity contribution in [1.29, 1.82) is 0 Å². The maximum Gasteiger partial charge on any atom is 0.256 e. The second-order valence-corrected chi connectivity index (χ2v) is 10.3. The van der Waals surface area contributed by atoms with E-state index in [1.54, 1.807) is 42.3 Å². The quantitative estimate of drug-likeness (QED) is 0.556. The van der Waals surface area contributed by atoms with E-state index in [2.05, 4.69) is 15.2 Å². The van der Waals surface area contributed by atoms with Crippen LogP contribution in [0.15, 0.2) is 36.4 Å². The Kier molecular flexibility index (Phi) is 8.52. The number of nitrogens with one attached hydrogen (secondary N) is 1. The zero-order chi connectivity index (χ0) is 24.9. The zero-order valence-electron chi connectivity index (χ0n) is 19.9. The van der Waals surface area contributed by atoms with E-state index < -0.39 is 6.10 Å². The van der Waals surface area contributed by atoms with Crippen molar-refractivity contribution in [2.24, 2.45) is 11.8 Å². The Hall–Kier alpha value is -2.35. The molecule has 0 radical (unpaired) electrons. The number of hydrogen-bond acceptors (Lipinski definition) is 5. The molecule has 2 aliphatic rings. The molecule has 188 valence electrons. The van der Waals surface area contributed by atoms with Gasteiger partial charge in [-0.15, -0.1) is 0 Å². The van der Waals surface area contributed by atoms with E-state index in [0.717, 1.165) is 51.0 Å². The molecule has 4 rings (SSSR count). The average molecular weight is 519 g/mol. The molecule has 2 saturated heterocycles. The molecule has 2 amide bonds. The number of aliphatic hydroxyl groups excluding tert-OH is 1. The topological polar surface area (TPSA) is 85.8 Å². The molecule has 1 aromatic carbocycles. The van der Waals surface area contributed by atoms with Gasteiger partial charge in [0, 0.05) is 38.2 Å². The summed E-state index contributed by atoms with van der Waals surface area (Å²) in [6.07, 6.45) is 4.10. The number of rotatable bonds is 6. The van der Waals surface area contributed by atoms with Crippen LogP contribution in [0.25, 0.3) is 0 Å². The summed E-state index contributed by atoms with van der Waals surface area (Å²) >= 11 is 12.2. The van der Waals surface area contributed by atoms with Crippen LogP contribution in [0, 0.1) is 11.8 Å². The minimum Gasteiger partial charge on any atom is -0.378 e. The summed E-state index contributed by atoms with van der Waals surface area (Å²) in [5, 5.41) is 13.8. The van der Waals surface area contributed by atoms with Crippen LogP contribution in [0.5, 0.6) is 0 Å². The second kappa shape index (κ2) is 11.6. The zero-order valence-corrected chi connectivity index (χ0v) is 21.4. The van der Waals surface area contributed by atoms with Gasteiger partial charge in [0.1, 0.15) is 11.0 Å². The number of likely N-dealkylation sites (tertiary alicyclic amines) is 1. The van der Waals surface area contributed by atoms with Crippen molar-refractivity contribution in [2.75, 3.05) is 38.1 Å². The van der Waals surface area contributed by atoms with Crippen LogP contribution in [-0.2, 0) is 4.79 Å². The number of anilines is 1. The molecule has 2 fully saturated rings. The summed E-state index contributed by atoms with van der Waals surface area (Å²) in [5.74, 6) is 1.58. The third kappa shape index (κ3) is 6.26. The molecule has 0 spiro atoms. The van der Waals surface area contributed by atoms with Gasteiger partial charge in [-0.1, -0.05) is 35.3 Å². The molecule has 0 saturated carbocycles. The van der Waals surface area contributed by atoms with Gasteiger partial charge in [0.25, 0.3) is 11.8 Å². The number of halogens is 2. The Labute approximate surface area is 216 Å². The van der Waals surface area contributed by atoms with E-state index >= 15 is 0 Å². The van der Waals surface area contributed by atoms with Crippen LogP contribution >= 0.6 is 23.2 Å². The van der Waals surface area contributed by atoms with Gasteiger partial charge in [0.05, 0.1) is 5.56 Å². The van der Waals surface area contributed by atoms with E-state index in [-0.39, 0.29) is 17.0 Å². The normalized spacial score (nSPS) is 18.4. The monoisotopic (exact) mass is 518 g/mol. The first-order valence-electron chi connectivity index (χ1n) is 12.2. The summed E-state index contributed by atoms with van der Waals surface area (Å²) in [6.45, 7) is 3.19. The van der Waals surface area contributed by atoms with Crippen LogP contribution in [-0.4, -0.2) is 60.0 Å². The van der Waals surface area contributed by atoms with Crippen LogP contribution in [0.3, 0.4) is 0 Å². The molecule has 35 heavy (non-hydrogen) atoms. The molecule has 2 N–H and O–H groups in total. The van der Waals surface area contributed by atoms with Crippen molar-refractivity contribution in [2.45, 2.75) is 38.2 Å². The first-order chi connectivity index (χ1) is 16.9. The number of carbonyl (C=O) groups excluding carboxylic acids is 2. The van der Waals surface area contributed by atoms with Crippen molar-refractivity contribution in [3.63, 3.8) is 0 Å². The molecule has 1 aromatic heterocycles. The Balaban J connectivity index is 1.23. The van der Waals surface area contributed by atoms with Crippen molar-refractivity contribution in [3.05, 3.63) is 57.7 Å². The van der Waals surface area contributed by atoms with Gasteiger partial charge in [-0.2, -0.15) is 0 Å². The Morgan fingerprint density at radius 2 is 1.71 bits per heavy atom. The predicted octanol–water partition coefficient (Wildman–Crippen LogP) is 4.33. The van der Waals surface area contributed by atoms with Crippen molar-refractivity contribution in [3.8, 4) is 0 Å². The molecule has 7 nitrogen and oxygen atoms in total. The van der Waals surface area contributed by atoms with Gasteiger partial charge in [-0.05, 0) is 73.8 Å². The summed E-state index contributed by atoms with van der Waals surface area (Å²) in [4.78, 5) is 33.0. The molecular weight excluding hydrogens is 487 g/mol. The third-order valence-electron chi connectivity index (χ3n) is 7.24. The van der Waals surface area contributed by atoms with Gasteiger partial charge in [0.2, 0.25) is 0 Å². The van der Waals surface area contributed by atoms with Gasteiger partial charge in [-0.25, -0.2) is 4.98 Å². The molecule has 1 atom stereocenters. The van der Waals surface area contributed by atoms with Crippen molar-refractivity contribution >= 4 is 40.8 Å². The first-order valence-corrected chi connectivity index (χ1v) is 13.0. The average Bonchev–Trinajstić information content (AvgIpc) is 2.88. The lowest BCUT2D eigenvalue weighted by atomic mass is 9.82. The molecular formula is C26H32Cl2N4O3. The third-order valence-corrected chi connectivity index (χ3v) is 7.76. The Morgan fingerprint density at radius 1 is 1.06 bits per heavy atom. The Morgan fingerprint density at radius 3 is 2.31 bits per heavy atom. The van der Waals surface area contributed by atoms with Crippen molar-refractivity contribution in [1.82, 2.24) is 15.2 Å². The van der Waals surface area contributed by atoms with Crippen LogP contribution in [0.1, 0.15) is 54.1 Å². The largest absolute Gasteiger partial charge is 0.378 e. The number of carbonyl (C=O) groups is 2. The number of aliphatic hydroxyl groups is 1. The number of amides is 2. The molecule has 0 aliphatic carbocycles. The van der Waals surface area contributed by atoms with E-state index in [1.807, 2.05) is 6.07 Å². The molecule has 0 bridgehead atoms. The summed E-state index contributed by atoms with van der Waals surface area (Å²) in [7, 11) is 1.57. The van der Waals surface area contributed by atoms with Crippen molar-refractivity contribution < 1.29 is 14.7 Å². The highest BCUT2D eigenvalue weighted by molar-refractivity contribution is 6.32. The lowest BCUT2D eigenvalue weighted by molar-refractivity contribution is -0.142. The number of piperidine rings is 2. The fraction of sp³-hybridized carbons (Fsp3) is 0.500. The number of aromatic nitrogens is 1. The maximum absolute atomic E-state index is 12.8. The van der Waals surface area contributed by atoms with Crippen LogP contribution in [0.2, 0.25) is 10.2 Å². The number of pyridine rings is 1. The molecule has 3 heterocycles. The minimum absolute atomic E-state index is 0.228. The highest BCUT2D eigenvalue weighted by Crippen LogP contribution is 2.32. The SMILES string of the molecule is CNC(=O)c1ccc(N2CCC(CC3CCN(C(=O)C(O)c4cccc(Cl)c4)CC3)CC2)nc1Cl. The predicted molar refractivity (Wildman–Crippen MR) is 138 cm³/mol. The van der Waals surface area contributed by atoms with Gasteiger partial charge in [-0.3, -0.25) is 9.59 Å². The lowest BCUT2D eigenvalue weighted by Crippen LogP contribution is -2.42. The standard InChI is InChI=1S/C26H32Cl2N4O3/c1-29-25(34)21-5-6-22(30-24(21)28)31-11-7-17(8-12-31)15-18-9-13-32(14-10-18)26(35)23(33)19-3-2-4-20(27)16-19/h2-6,16-18,23,33H,7-15H2,1H3,(H,29,34). The lowest BCUT2D eigenvalue weighted by Gasteiger charge is -2.37. The summed E-state index contributed by atoms with van der Waals surface area (Å²) < 4.78 is 0. The minimum atomic E-state index is -1.16. The van der Waals surface area contributed by atoms with E-state index in [9.17, 15) is 14.7 Å². The summed E-state index contributed by atoms with van der Waals surface area (Å²) in [6, 6.07) is 10.4. The van der Waals surface area contributed by atoms with E-state index in [4.69, 9.17) is 23.2 Å². The smallest absolute Gasteiger partial charge is 0.256 e. The number of hydrogen-bond donors (Lipinski definition) is 2. The van der Waals surface area contributed by atoms with Crippen LogP contribution in [0.4, 0.5) is 5.82 Å². The number of benzene rings is 1. The van der Waals surface area contributed by atoms with E-state index in [0.29, 0.717) is 41.1 Å². The van der Waals surface area contributed by atoms with E-state index in [1.165, 1.54) is 0 Å². The Bertz CT molecular complexity index is 1050. The van der Waals surface area contributed by atoms with Crippen LogP contribution < -0.4 is 10.2 Å². The maximum atomic E-state index is 12.8. The van der Waals surface area contributed by atoms with Gasteiger partial charge in [0.15, 0.2) is 6.10 Å². The molecule has 1 unspecified atom stereocenters. The summed E-state index contributed by atoms with van der Waals surface area (Å²) in [5.41, 5.74) is 0.924. The highest BCUT2D eigenvalue weighted by atomic mass is 35.5. The second-order valence-electron chi connectivity index (χ2n) is 9.48. The fourth-order valence-electron chi connectivity index (χ4n) is 5.16. The fourth-order valence-corrected chi connectivity index (χ4v) is 5.59.